The average Bonchev–Trinajstić information content (AvgIpc) is 3.00. The Bertz CT molecular complexity index is 836. The smallest absolute Gasteiger partial charge is 0.392 e. The molecule has 0 unspecified atom stereocenters. The van der Waals surface area contributed by atoms with Crippen molar-refractivity contribution >= 4 is 23.4 Å². The number of anilines is 1. The molecule has 1 aliphatic rings. The highest BCUT2D eigenvalue weighted by Gasteiger charge is 2.35. The lowest BCUT2D eigenvalue weighted by Crippen LogP contribution is -2.24. The van der Waals surface area contributed by atoms with Gasteiger partial charge in [0.05, 0.1) is 12.2 Å². The molecule has 0 bridgehead atoms. The van der Waals surface area contributed by atoms with Gasteiger partial charge in [-0.1, -0.05) is 23.9 Å². The standard InChI is InChI=1S/C19H18F3NO2S/c1-12-4-5-13(11-24)17(9-12)26-16-7-6-14(10-15(16)19(20,21)22)23-8-2-3-18(23)25/h4-7,9-10,24H,2-3,8,11H2,1H3. The summed E-state index contributed by atoms with van der Waals surface area (Å²) in [6.07, 6.45) is -3.52. The van der Waals surface area contributed by atoms with E-state index in [-0.39, 0.29) is 23.1 Å². The van der Waals surface area contributed by atoms with Crippen molar-refractivity contribution in [1.82, 2.24) is 0 Å². The molecule has 1 aliphatic heterocycles. The van der Waals surface area contributed by atoms with Gasteiger partial charge in [0.15, 0.2) is 0 Å². The van der Waals surface area contributed by atoms with Crippen molar-refractivity contribution in [2.75, 3.05) is 11.4 Å². The largest absolute Gasteiger partial charge is 0.417 e. The minimum Gasteiger partial charge on any atom is -0.392 e. The Morgan fingerprint density at radius 1 is 1.15 bits per heavy atom. The fourth-order valence-corrected chi connectivity index (χ4v) is 4.09. The Balaban J connectivity index is 2.02. The van der Waals surface area contributed by atoms with E-state index in [1.54, 1.807) is 18.2 Å². The molecular weight excluding hydrogens is 363 g/mol. The van der Waals surface area contributed by atoms with E-state index in [9.17, 15) is 23.1 Å². The van der Waals surface area contributed by atoms with Crippen molar-refractivity contribution in [2.45, 2.75) is 42.3 Å². The average molecular weight is 381 g/mol. The molecule has 0 spiro atoms. The van der Waals surface area contributed by atoms with E-state index in [1.807, 2.05) is 13.0 Å². The number of rotatable bonds is 4. The van der Waals surface area contributed by atoms with Crippen LogP contribution in [0.4, 0.5) is 18.9 Å². The van der Waals surface area contributed by atoms with Crippen LogP contribution in [-0.2, 0) is 17.6 Å². The van der Waals surface area contributed by atoms with Crippen molar-refractivity contribution in [3.05, 3.63) is 53.1 Å². The second kappa shape index (κ2) is 7.32. The first-order valence-electron chi connectivity index (χ1n) is 8.19. The molecule has 138 valence electrons. The van der Waals surface area contributed by atoms with E-state index in [0.717, 1.165) is 23.4 Å². The number of aliphatic hydroxyl groups is 1. The highest BCUT2D eigenvalue weighted by molar-refractivity contribution is 7.99. The first-order valence-corrected chi connectivity index (χ1v) is 9.01. The maximum absolute atomic E-state index is 13.6. The third-order valence-electron chi connectivity index (χ3n) is 4.27. The fraction of sp³-hybridized carbons (Fsp3) is 0.316. The van der Waals surface area contributed by atoms with E-state index >= 15 is 0 Å². The van der Waals surface area contributed by atoms with Crippen LogP contribution in [0.5, 0.6) is 0 Å². The summed E-state index contributed by atoms with van der Waals surface area (Å²) in [6, 6.07) is 9.27. The summed E-state index contributed by atoms with van der Waals surface area (Å²) >= 11 is 0.975. The zero-order valence-electron chi connectivity index (χ0n) is 14.1. The molecule has 2 aromatic rings. The monoisotopic (exact) mass is 381 g/mol. The summed E-state index contributed by atoms with van der Waals surface area (Å²) in [5, 5.41) is 9.45. The number of benzene rings is 2. The molecule has 3 nitrogen and oxygen atoms in total. The van der Waals surface area contributed by atoms with E-state index in [4.69, 9.17) is 0 Å². The second-order valence-electron chi connectivity index (χ2n) is 6.20. The highest BCUT2D eigenvalue weighted by atomic mass is 32.2. The summed E-state index contributed by atoms with van der Waals surface area (Å²) < 4.78 is 40.8. The Labute approximate surface area is 153 Å². The Hall–Kier alpha value is -1.99. The predicted molar refractivity (Wildman–Crippen MR) is 94.3 cm³/mol. The van der Waals surface area contributed by atoms with Gasteiger partial charge in [-0.15, -0.1) is 0 Å². The lowest BCUT2D eigenvalue weighted by molar-refractivity contribution is -0.139. The van der Waals surface area contributed by atoms with Crippen LogP contribution in [-0.4, -0.2) is 17.6 Å². The number of carbonyl (C=O) groups is 1. The Morgan fingerprint density at radius 3 is 2.54 bits per heavy atom. The van der Waals surface area contributed by atoms with E-state index in [0.29, 0.717) is 29.8 Å². The SMILES string of the molecule is Cc1ccc(CO)c(Sc2ccc(N3CCCC3=O)cc2C(F)(F)F)c1. The number of amides is 1. The van der Waals surface area contributed by atoms with Crippen LogP contribution < -0.4 is 4.90 Å². The van der Waals surface area contributed by atoms with Crippen molar-refractivity contribution in [2.24, 2.45) is 0 Å². The van der Waals surface area contributed by atoms with Gasteiger partial charge in [-0.25, -0.2) is 0 Å². The van der Waals surface area contributed by atoms with E-state index in [1.165, 1.54) is 11.0 Å². The summed E-state index contributed by atoms with van der Waals surface area (Å²) in [6.45, 7) is 2.04. The Kier molecular flexibility index (Phi) is 5.29. The zero-order chi connectivity index (χ0) is 18.9. The van der Waals surface area contributed by atoms with Gasteiger partial charge in [-0.2, -0.15) is 13.2 Å². The minimum atomic E-state index is -4.54. The van der Waals surface area contributed by atoms with Crippen LogP contribution in [0, 0.1) is 6.92 Å². The van der Waals surface area contributed by atoms with Crippen molar-refractivity contribution in [3.8, 4) is 0 Å². The van der Waals surface area contributed by atoms with Crippen LogP contribution in [0.15, 0.2) is 46.2 Å². The molecule has 1 amide bonds. The second-order valence-corrected chi connectivity index (χ2v) is 7.28. The minimum absolute atomic E-state index is 0.0493. The molecule has 1 fully saturated rings. The van der Waals surface area contributed by atoms with Gasteiger partial charge in [0.2, 0.25) is 5.91 Å². The molecule has 1 heterocycles. The summed E-state index contributed by atoms with van der Waals surface area (Å²) in [5.74, 6) is -0.153. The van der Waals surface area contributed by atoms with Gasteiger partial charge in [-0.05, 0) is 48.7 Å². The molecule has 7 heteroatoms. The number of carbonyl (C=O) groups excluding carboxylic acids is 1. The number of aliphatic hydroxyl groups excluding tert-OH is 1. The number of nitrogens with zero attached hydrogens (tertiary/aromatic N) is 1. The lowest BCUT2D eigenvalue weighted by atomic mass is 10.1. The third kappa shape index (κ3) is 3.88. The van der Waals surface area contributed by atoms with Crippen molar-refractivity contribution in [3.63, 3.8) is 0 Å². The summed E-state index contributed by atoms with van der Waals surface area (Å²) in [4.78, 5) is 13.9. The first kappa shape index (κ1) is 18.8. The number of halogens is 3. The molecular formula is C19H18F3NO2S. The van der Waals surface area contributed by atoms with E-state index < -0.39 is 11.7 Å². The van der Waals surface area contributed by atoms with Gasteiger partial charge >= 0.3 is 6.18 Å². The maximum Gasteiger partial charge on any atom is 0.417 e. The van der Waals surface area contributed by atoms with Crippen molar-refractivity contribution < 1.29 is 23.1 Å². The first-order chi connectivity index (χ1) is 12.3. The topological polar surface area (TPSA) is 40.5 Å². The van der Waals surface area contributed by atoms with Gasteiger partial charge < -0.3 is 10.0 Å². The zero-order valence-corrected chi connectivity index (χ0v) is 15.0. The van der Waals surface area contributed by atoms with Crippen LogP contribution in [0.1, 0.15) is 29.5 Å². The lowest BCUT2D eigenvalue weighted by Gasteiger charge is -2.20. The molecule has 1 N–H and O–H groups in total. The molecule has 0 aliphatic carbocycles. The third-order valence-corrected chi connectivity index (χ3v) is 5.44. The quantitative estimate of drug-likeness (QED) is 0.828. The summed E-state index contributed by atoms with van der Waals surface area (Å²) in [7, 11) is 0. The predicted octanol–water partition coefficient (Wildman–Crippen LogP) is 4.78. The summed E-state index contributed by atoms with van der Waals surface area (Å²) in [5.41, 5.74) is 0.978. The van der Waals surface area contributed by atoms with E-state index in [2.05, 4.69) is 0 Å². The van der Waals surface area contributed by atoms with Crippen LogP contribution in [0.25, 0.3) is 0 Å². The molecule has 0 atom stereocenters. The van der Waals surface area contributed by atoms with Gasteiger partial charge in [0.1, 0.15) is 0 Å². The normalized spacial score (nSPS) is 15.0. The molecule has 0 saturated carbocycles. The maximum atomic E-state index is 13.6. The fourth-order valence-electron chi connectivity index (χ4n) is 2.92. The van der Waals surface area contributed by atoms with Gasteiger partial charge in [-0.3, -0.25) is 4.79 Å². The van der Waals surface area contributed by atoms with Crippen LogP contribution in [0.2, 0.25) is 0 Å². The highest BCUT2D eigenvalue weighted by Crippen LogP contribution is 2.42. The van der Waals surface area contributed by atoms with Gasteiger partial charge in [0.25, 0.3) is 0 Å². The number of aryl methyl sites for hydroxylation is 1. The molecule has 2 aromatic carbocycles. The molecule has 0 radical (unpaired) electrons. The number of alkyl halides is 3. The molecule has 3 rings (SSSR count). The van der Waals surface area contributed by atoms with Crippen LogP contribution >= 0.6 is 11.8 Å². The van der Waals surface area contributed by atoms with Gasteiger partial charge in [0, 0.05) is 28.4 Å². The molecule has 26 heavy (non-hydrogen) atoms. The van der Waals surface area contributed by atoms with Crippen molar-refractivity contribution in [1.29, 1.82) is 0 Å². The number of hydrogen-bond donors (Lipinski definition) is 1. The molecule has 1 saturated heterocycles. The van der Waals surface area contributed by atoms with Crippen LogP contribution in [0.3, 0.4) is 0 Å². The number of hydrogen-bond acceptors (Lipinski definition) is 3. The molecule has 0 aromatic heterocycles. The Morgan fingerprint density at radius 2 is 1.92 bits per heavy atom.